The molecule has 5 nitrogen and oxygen atoms in total. The van der Waals surface area contributed by atoms with Crippen molar-refractivity contribution in [1.29, 1.82) is 0 Å². The number of hydrogen-bond acceptors (Lipinski definition) is 4. The van der Waals surface area contributed by atoms with Crippen molar-refractivity contribution in [3.63, 3.8) is 0 Å². The van der Waals surface area contributed by atoms with Crippen LogP contribution in [-0.4, -0.2) is 20.9 Å². The van der Waals surface area contributed by atoms with Crippen molar-refractivity contribution in [3.8, 4) is 5.69 Å². The van der Waals surface area contributed by atoms with Crippen molar-refractivity contribution in [2.45, 2.75) is 6.54 Å². The van der Waals surface area contributed by atoms with Gasteiger partial charge in [0.25, 0.3) is 5.91 Å². The van der Waals surface area contributed by atoms with Crippen LogP contribution < -0.4 is 5.32 Å². The summed E-state index contributed by atoms with van der Waals surface area (Å²) >= 11 is 1.42. The summed E-state index contributed by atoms with van der Waals surface area (Å²) in [5.41, 5.74) is 1.76. The molecule has 0 radical (unpaired) electrons. The van der Waals surface area contributed by atoms with Crippen LogP contribution in [0.25, 0.3) is 5.69 Å². The van der Waals surface area contributed by atoms with Gasteiger partial charge in [-0.25, -0.2) is 4.68 Å². The molecule has 3 rings (SSSR count). The Labute approximate surface area is 119 Å². The van der Waals surface area contributed by atoms with Crippen LogP contribution in [0.3, 0.4) is 0 Å². The van der Waals surface area contributed by atoms with E-state index in [9.17, 15) is 4.79 Å². The molecular formula is C14H12N4OS. The number of aromatic nitrogens is 3. The van der Waals surface area contributed by atoms with Crippen LogP contribution in [0.2, 0.25) is 0 Å². The van der Waals surface area contributed by atoms with Crippen molar-refractivity contribution in [2.24, 2.45) is 0 Å². The molecule has 0 unspecified atom stereocenters. The number of nitrogens with one attached hydrogen (secondary N) is 1. The van der Waals surface area contributed by atoms with Gasteiger partial charge in [0.1, 0.15) is 0 Å². The fraction of sp³-hybridized carbons (Fsp3) is 0.0714. The minimum Gasteiger partial charge on any atom is -0.346 e. The zero-order valence-electron chi connectivity index (χ0n) is 10.6. The van der Waals surface area contributed by atoms with Gasteiger partial charge in [-0.15, -0.1) is 16.4 Å². The third-order valence-corrected chi connectivity index (χ3v) is 3.66. The lowest BCUT2D eigenvalue weighted by molar-refractivity contribution is 0.0954. The molecule has 6 heteroatoms. The van der Waals surface area contributed by atoms with Crippen molar-refractivity contribution in [1.82, 2.24) is 20.3 Å². The van der Waals surface area contributed by atoms with Gasteiger partial charge >= 0.3 is 0 Å². The molecule has 0 aliphatic rings. The standard InChI is InChI=1S/C14H12N4OS/c19-14(13-7-4-8-20-13)15-9-12-10-16-17-18(12)11-5-2-1-3-6-11/h1-8,10H,9H2,(H,15,19). The Morgan fingerprint density at radius 3 is 2.80 bits per heavy atom. The number of carbonyl (C=O) groups excluding carboxylic acids is 1. The summed E-state index contributed by atoms with van der Waals surface area (Å²) in [6.07, 6.45) is 1.65. The second-order valence-electron chi connectivity index (χ2n) is 4.13. The second kappa shape index (κ2) is 5.66. The molecule has 0 saturated heterocycles. The van der Waals surface area contributed by atoms with Crippen LogP contribution in [-0.2, 0) is 6.54 Å². The number of amides is 1. The Morgan fingerprint density at radius 1 is 1.20 bits per heavy atom. The molecule has 0 aliphatic carbocycles. The molecule has 1 aromatic carbocycles. The summed E-state index contributed by atoms with van der Waals surface area (Å²) < 4.78 is 1.72. The summed E-state index contributed by atoms with van der Waals surface area (Å²) in [5.74, 6) is -0.0826. The lowest BCUT2D eigenvalue weighted by Gasteiger charge is -2.06. The number of hydrogen-bond donors (Lipinski definition) is 1. The van der Waals surface area contributed by atoms with Gasteiger partial charge in [-0.05, 0) is 23.6 Å². The molecule has 100 valence electrons. The van der Waals surface area contributed by atoms with Gasteiger partial charge in [0.15, 0.2) is 0 Å². The molecule has 0 fully saturated rings. The Balaban J connectivity index is 1.73. The van der Waals surface area contributed by atoms with Gasteiger partial charge in [-0.2, -0.15) is 0 Å². The lowest BCUT2D eigenvalue weighted by atomic mass is 10.3. The van der Waals surface area contributed by atoms with Gasteiger partial charge in [-0.1, -0.05) is 29.5 Å². The zero-order valence-corrected chi connectivity index (χ0v) is 11.4. The molecule has 0 aliphatic heterocycles. The van der Waals surface area contributed by atoms with Crippen molar-refractivity contribution in [3.05, 3.63) is 64.6 Å². The Kier molecular flexibility index (Phi) is 3.56. The molecule has 2 heterocycles. The van der Waals surface area contributed by atoms with E-state index in [2.05, 4.69) is 15.6 Å². The van der Waals surface area contributed by atoms with E-state index in [1.165, 1.54) is 11.3 Å². The molecule has 0 spiro atoms. The molecule has 2 aromatic heterocycles. The van der Waals surface area contributed by atoms with E-state index < -0.39 is 0 Å². The SMILES string of the molecule is O=C(NCc1cnnn1-c1ccccc1)c1cccs1. The van der Waals surface area contributed by atoms with Crippen molar-refractivity contribution in [2.75, 3.05) is 0 Å². The third kappa shape index (κ3) is 2.60. The first kappa shape index (κ1) is 12.6. The topological polar surface area (TPSA) is 59.8 Å². The first-order chi connectivity index (χ1) is 9.84. The minimum absolute atomic E-state index is 0.0826. The average molecular weight is 284 g/mol. The van der Waals surface area contributed by atoms with Crippen LogP contribution >= 0.6 is 11.3 Å². The first-order valence-electron chi connectivity index (χ1n) is 6.11. The highest BCUT2D eigenvalue weighted by molar-refractivity contribution is 7.12. The number of benzene rings is 1. The number of rotatable bonds is 4. The number of thiophene rings is 1. The summed E-state index contributed by atoms with van der Waals surface area (Å²) in [5, 5.41) is 12.7. The normalized spacial score (nSPS) is 10.4. The Morgan fingerprint density at radius 2 is 2.05 bits per heavy atom. The molecule has 1 amide bonds. The van der Waals surface area contributed by atoms with Crippen LogP contribution in [0.4, 0.5) is 0 Å². The lowest BCUT2D eigenvalue weighted by Crippen LogP contribution is -2.23. The molecule has 0 atom stereocenters. The van der Waals surface area contributed by atoms with Crippen LogP contribution in [0, 0.1) is 0 Å². The van der Waals surface area contributed by atoms with E-state index in [0.29, 0.717) is 11.4 Å². The molecule has 0 saturated carbocycles. The van der Waals surface area contributed by atoms with Gasteiger partial charge in [0.2, 0.25) is 0 Å². The van der Waals surface area contributed by atoms with Gasteiger partial charge in [-0.3, -0.25) is 4.79 Å². The average Bonchev–Trinajstić information content (AvgIpc) is 3.17. The van der Waals surface area contributed by atoms with E-state index in [1.807, 2.05) is 41.8 Å². The predicted octanol–water partition coefficient (Wildman–Crippen LogP) is 2.26. The number of para-hydroxylation sites is 1. The van der Waals surface area contributed by atoms with E-state index in [-0.39, 0.29) is 5.91 Å². The van der Waals surface area contributed by atoms with E-state index in [1.54, 1.807) is 16.9 Å². The predicted molar refractivity (Wildman–Crippen MR) is 76.8 cm³/mol. The van der Waals surface area contributed by atoms with E-state index in [0.717, 1.165) is 11.4 Å². The highest BCUT2D eigenvalue weighted by Gasteiger charge is 2.09. The van der Waals surface area contributed by atoms with Crippen LogP contribution in [0.5, 0.6) is 0 Å². The molecule has 0 bridgehead atoms. The highest BCUT2D eigenvalue weighted by atomic mass is 32.1. The smallest absolute Gasteiger partial charge is 0.261 e. The molecule has 3 aromatic rings. The van der Waals surface area contributed by atoms with Crippen LogP contribution in [0.1, 0.15) is 15.4 Å². The molecule has 1 N–H and O–H groups in total. The second-order valence-corrected chi connectivity index (χ2v) is 5.08. The highest BCUT2D eigenvalue weighted by Crippen LogP contribution is 2.10. The molecular weight excluding hydrogens is 272 g/mol. The van der Waals surface area contributed by atoms with E-state index in [4.69, 9.17) is 0 Å². The summed E-state index contributed by atoms with van der Waals surface area (Å²) in [6, 6.07) is 13.4. The maximum absolute atomic E-state index is 11.9. The summed E-state index contributed by atoms with van der Waals surface area (Å²) in [4.78, 5) is 12.6. The number of nitrogens with zero attached hydrogens (tertiary/aromatic N) is 3. The minimum atomic E-state index is -0.0826. The third-order valence-electron chi connectivity index (χ3n) is 2.80. The quantitative estimate of drug-likeness (QED) is 0.799. The van der Waals surface area contributed by atoms with Crippen molar-refractivity contribution < 1.29 is 4.79 Å². The maximum atomic E-state index is 11.9. The van der Waals surface area contributed by atoms with Gasteiger partial charge in [0, 0.05) is 0 Å². The monoisotopic (exact) mass is 284 g/mol. The summed E-state index contributed by atoms with van der Waals surface area (Å²) in [6.45, 7) is 0.388. The fourth-order valence-electron chi connectivity index (χ4n) is 1.83. The van der Waals surface area contributed by atoms with Crippen LogP contribution in [0.15, 0.2) is 54.0 Å². The fourth-order valence-corrected chi connectivity index (χ4v) is 2.47. The largest absolute Gasteiger partial charge is 0.346 e. The van der Waals surface area contributed by atoms with Gasteiger partial charge in [0.05, 0.1) is 29.0 Å². The zero-order chi connectivity index (χ0) is 13.8. The maximum Gasteiger partial charge on any atom is 0.261 e. The van der Waals surface area contributed by atoms with E-state index >= 15 is 0 Å². The number of carbonyl (C=O) groups is 1. The van der Waals surface area contributed by atoms with Crippen molar-refractivity contribution >= 4 is 17.2 Å². The first-order valence-corrected chi connectivity index (χ1v) is 6.99. The van der Waals surface area contributed by atoms with Gasteiger partial charge < -0.3 is 5.32 Å². The Hall–Kier alpha value is -2.47. The molecule has 20 heavy (non-hydrogen) atoms. The summed E-state index contributed by atoms with van der Waals surface area (Å²) in [7, 11) is 0. The Bertz CT molecular complexity index is 691.